The van der Waals surface area contributed by atoms with Crippen molar-refractivity contribution in [1.29, 1.82) is 0 Å². The van der Waals surface area contributed by atoms with Crippen LogP contribution in [0.5, 0.6) is 0 Å². The number of aliphatic carboxylic acids is 1. The SMILES string of the molecule is O=C(CC(C(=O)O)c1c[nH]c2ccc(-c3ccccn3)cc12)c1ccc(Cl)cc1. The van der Waals surface area contributed by atoms with Gasteiger partial charge >= 0.3 is 5.97 Å². The van der Waals surface area contributed by atoms with Crippen molar-refractivity contribution in [2.75, 3.05) is 0 Å². The van der Waals surface area contributed by atoms with E-state index >= 15 is 0 Å². The van der Waals surface area contributed by atoms with Gasteiger partial charge in [-0.2, -0.15) is 0 Å². The van der Waals surface area contributed by atoms with E-state index in [1.165, 1.54) is 0 Å². The Hall–Kier alpha value is -3.44. The van der Waals surface area contributed by atoms with Gasteiger partial charge in [-0.1, -0.05) is 23.7 Å². The molecule has 2 aromatic carbocycles. The summed E-state index contributed by atoms with van der Waals surface area (Å²) in [6.45, 7) is 0. The Morgan fingerprint density at radius 2 is 1.86 bits per heavy atom. The van der Waals surface area contributed by atoms with Gasteiger partial charge in [-0.15, -0.1) is 0 Å². The number of carbonyl (C=O) groups excluding carboxylic acids is 1. The molecular formula is C23H17ClN2O3. The van der Waals surface area contributed by atoms with E-state index in [-0.39, 0.29) is 12.2 Å². The van der Waals surface area contributed by atoms with Gasteiger partial charge in [0.15, 0.2) is 5.78 Å². The molecule has 6 heteroatoms. The fourth-order valence-electron chi connectivity index (χ4n) is 3.39. The highest BCUT2D eigenvalue weighted by atomic mass is 35.5. The van der Waals surface area contributed by atoms with Gasteiger partial charge in [0, 0.05) is 45.9 Å². The lowest BCUT2D eigenvalue weighted by Crippen LogP contribution is -2.16. The summed E-state index contributed by atoms with van der Waals surface area (Å²) in [4.78, 5) is 32.1. The van der Waals surface area contributed by atoms with Crippen LogP contribution in [0.1, 0.15) is 28.3 Å². The van der Waals surface area contributed by atoms with Crippen molar-refractivity contribution in [3.8, 4) is 11.3 Å². The maximum Gasteiger partial charge on any atom is 0.311 e. The number of Topliss-reactive ketones (excluding diaryl/α,β-unsaturated/α-hetero) is 1. The lowest BCUT2D eigenvalue weighted by Gasteiger charge is -2.12. The molecule has 2 heterocycles. The molecule has 0 aliphatic heterocycles. The minimum Gasteiger partial charge on any atom is -0.481 e. The normalized spacial score (nSPS) is 12.0. The molecule has 0 aliphatic carbocycles. The Kier molecular flexibility index (Phi) is 5.14. The van der Waals surface area contributed by atoms with E-state index < -0.39 is 11.9 Å². The number of ketones is 1. The van der Waals surface area contributed by atoms with Crippen molar-refractivity contribution in [1.82, 2.24) is 9.97 Å². The molecule has 2 N–H and O–H groups in total. The van der Waals surface area contributed by atoms with Crippen LogP contribution in [-0.4, -0.2) is 26.8 Å². The van der Waals surface area contributed by atoms with Crippen LogP contribution in [0.3, 0.4) is 0 Å². The van der Waals surface area contributed by atoms with Crippen molar-refractivity contribution in [3.05, 3.63) is 89.2 Å². The fourth-order valence-corrected chi connectivity index (χ4v) is 3.52. The fraction of sp³-hybridized carbons (Fsp3) is 0.0870. The van der Waals surface area contributed by atoms with Crippen molar-refractivity contribution in [2.24, 2.45) is 0 Å². The van der Waals surface area contributed by atoms with Crippen molar-refractivity contribution in [2.45, 2.75) is 12.3 Å². The van der Waals surface area contributed by atoms with Gasteiger partial charge in [-0.05, 0) is 54.1 Å². The van der Waals surface area contributed by atoms with Crippen molar-refractivity contribution >= 4 is 34.3 Å². The predicted molar refractivity (Wildman–Crippen MR) is 112 cm³/mol. The number of hydrogen-bond donors (Lipinski definition) is 2. The highest BCUT2D eigenvalue weighted by Crippen LogP contribution is 2.32. The van der Waals surface area contributed by atoms with Gasteiger partial charge in [0.2, 0.25) is 0 Å². The average molecular weight is 405 g/mol. The monoisotopic (exact) mass is 404 g/mol. The number of pyridine rings is 1. The van der Waals surface area contributed by atoms with Crippen molar-refractivity contribution < 1.29 is 14.7 Å². The van der Waals surface area contributed by atoms with Crippen LogP contribution in [0, 0.1) is 0 Å². The molecule has 0 aliphatic rings. The third-order valence-electron chi connectivity index (χ3n) is 4.90. The molecular weight excluding hydrogens is 388 g/mol. The van der Waals surface area contributed by atoms with Crippen LogP contribution in [0.25, 0.3) is 22.2 Å². The van der Waals surface area contributed by atoms with E-state index in [2.05, 4.69) is 9.97 Å². The predicted octanol–water partition coefficient (Wildman–Crippen LogP) is 5.32. The summed E-state index contributed by atoms with van der Waals surface area (Å²) >= 11 is 5.87. The third-order valence-corrected chi connectivity index (χ3v) is 5.16. The average Bonchev–Trinajstić information content (AvgIpc) is 3.15. The van der Waals surface area contributed by atoms with Gasteiger partial charge in [0.05, 0.1) is 11.6 Å². The Morgan fingerprint density at radius 1 is 1.07 bits per heavy atom. The summed E-state index contributed by atoms with van der Waals surface area (Å²) in [6.07, 6.45) is 3.24. The summed E-state index contributed by atoms with van der Waals surface area (Å²) < 4.78 is 0. The molecule has 4 aromatic rings. The summed E-state index contributed by atoms with van der Waals surface area (Å²) in [5.41, 5.74) is 3.50. The number of nitrogens with one attached hydrogen (secondary N) is 1. The van der Waals surface area contributed by atoms with Crippen LogP contribution in [0.4, 0.5) is 0 Å². The number of fused-ring (bicyclic) bond motifs is 1. The molecule has 0 spiro atoms. The van der Waals surface area contributed by atoms with E-state index in [4.69, 9.17) is 11.6 Å². The number of H-pyrrole nitrogens is 1. The van der Waals surface area contributed by atoms with Gasteiger partial charge in [0.1, 0.15) is 0 Å². The Bertz CT molecular complexity index is 1180. The summed E-state index contributed by atoms with van der Waals surface area (Å²) in [5.74, 6) is -2.26. The molecule has 144 valence electrons. The van der Waals surface area contributed by atoms with Crippen LogP contribution in [0.15, 0.2) is 73.1 Å². The van der Waals surface area contributed by atoms with Crippen LogP contribution in [0.2, 0.25) is 5.02 Å². The molecule has 4 rings (SSSR count). The number of carbonyl (C=O) groups is 2. The number of nitrogens with zero attached hydrogens (tertiary/aromatic N) is 1. The van der Waals surface area contributed by atoms with Gasteiger partial charge in [-0.3, -0.25) is 14.6 Å². The van der Waals surface area contributed by atoms with E-state index in [9.17, 15) is 14.7 Å². The van der Waals surface area contributed by atoms with E-state index in [0.717, 1.165) is 22.2 Å². The Morgan fingerprint density at radius 3 is 2.55 bits per heavy atom. The number of aromatic amines is 1. The largest absolute Gasteiger partial charge is 0.481 e. The topological polar surface area (TPSA) is 83.0 Å². The number of hydrogen-bond acceptors (Lipinski definition) is 3. The molecule has 0 bridgehead atoms. The molecule has 0 fully saturated rings. The summed E-state index contributed by atoms with van der Waals surface area (Å²) in [6, 6.07) is 17.8. The quantitative estimate of drug-likeness (QED) is 0.426. The van der Waals surface area contributed by atoms with E-state index in [0.29, 0.717) is 16.1 Å². The van der Waals surface area contributed by atoms with Gasteiger partial charge in [0.25, 0.3) is 0 Å². The minimum absolute atomic E-state index is 0.141. The van der Waals surface area contributed by atoms with Crippen molar-refractivity contribution in [3.63, 3.8) is 0 Å². The lowest BCUT2D eigenvalue weighted by atomic mass is 9.91. The molecule has 0 radical (unpaired) electrons. The molecule has 0 saturated carbocycles. The first-order chi connectivity index (χ1) is 14.0. The molecule has 29 heavy (non-hydrogen) atoms. The lowest BCUT2D eigenvalue weighted by molar-refractivity contribution is -0.138. The summed E-state index contributed by atoms with van der Waals surface area (Å²) in [7, 11) is 0. The van der Waals surface area contributed by atoms with E-state index in [1.807, 2.05) is 36.4 Å². The molecule has 0 amide bonds. The minimum atomic E-state index is -1.04. The zero-order valence-electron chi connectivity index (χ0n) is 15.3. The van der Waals surface area contributed by atoms with Gasteiger partial charge < -0.3 is 10.1 Å². The zero-order valence-corrected chi connectivity index (χ0v) is 16.1. The number of carboxylic acids is 1. The Balaban J connectivity index is 1.71. The molecule has 1 unspecified atom stereocenters. The molecule has 5 nitrogen and oxygen atoms in total. The Labute approximate surface area is 172 Å². The van der Waals surface area contributed by atoms with Gasteiger partial charge in [-0.25, -0.2) is 0 Å². The standard InChI is InChI=1S/C23H17ClN2O3/c24-16-7-4-14(5-8-16)22(27)12-18(23(28)29)19-13-26-21-9-6-15(11-17(19)21)20-3-1-2-10-25-20/h1-11,13,18,26H,12H2,(H,28,29). The summed E-state index contributed by atoms with van der Waals surface area (Å²) in [5, 5.41) is 11.1. The number of rotatable bonds is 6. The highest BCUT2D eigenvalue weighted by Gasteiger charge is 2.26. The molecule has 2 aromatic heterocycles. The molecule has 1 atom stereocenters. The second-order valence-electron chi connectivity index (χ2n) is 6.74. The first-order valence-electron chi connectivity index (χ1n) is 9.07. The second kappa shape index (κ2) is 7.89. The number of benzene rings is 2. The van der Waals surface area contributed by atoms with Crippen LogP contribution >= 0.6 is 11.6 Å². The molecule has 0 saturated heterocycles. The van der Waals surface area contributed by atoms with Crippen LogP contribution < -0.4 is 0 Å². The maximum atomic E-state index is 12.7. The number of halogens is 1. The number of carboxylic acid groups (broad SMARTS) is 1. The third kappa shape index (κ3) is 3.91. The first kappa shape index (κ1) is 18.9. The first-order valence-corrected chi connectivity index (χ1v) is 9.45. The van der Waals surface area contributed by atoms with E-state index in [1.54, 1.807) is 36.7 Å². The second-order valence-corrected chi connectivity index (χ2v) is 7.18. The zero-order chi connectivity index (χ0) is 20.4. The smallest absolute Gasteiger partial charge is 0.311 e. The maximum absolute atomic E-state index is 12.7. The van der Waals surface area contributed by atoms with Crippen LogP contribution in [-0.2, 0) is 4.79 Å². The number of aromatic nitrogens is 2. The highest BCUT2D eigenvalue weighted by molar-refractivity contribution is 6.30.